The summed E-state index contributed by atoms with van der Waals surface area (Å²) < 4.78 is 18.7. The summed E-state index contributed by atoms with van der Waals surface area (Å²) in [5.41, 5.74) is 1.48. The molecule has 3 rings (SSSR count). The minimum Gasteiger partial charge on any atom is -0.450 e. The molecule has 1 N–H and O–H groups in total. The van der Waals surface area contributed by atoms with Gasteiger partial charge in [0.05, 0.1) is 6.61 Å². The number of hydrogen-bond donors (Lipinski definition) is 1. The monoisotopic (exact) mass is 406 g/mol. The number of amides is 3. The van der Waals surface area contributed by atoms with Gasteiger partial charge < -0.3 is 14.5 Å². The van der Waals surface area contributed by atoms with E-state index in [-0.39, 0.29) is 17.9 Å². The molecule has 0 atom stereocenters. The number of urea groups is 1. The van der Waals surface area contributed by atoms with Gasteiger partial charge in [0.2, 0.25) is 0 Å². The molecule has 0 bridgehead atoms. The Kier molecular flexibility index (Phi) is 6.45. The standard InChI is InChI=1S/C19H23FN4O3S/c1-3-27-19(26)24-8-6-23(7-9-24)18(25)22-17-21-12-15(28-17)10-14-5-4-13(2)16(20)11-14/h4-5,11-12H,3,6-10H2,1-2H3,(H,21,22,25). The predicted octanol–water partition coefficient (Wildman–Crippen LogP) is 3.49. The number of nitrogens with one attached hydrogen (secondary N) is 1. The Bertz CT molecular complexity index is 849. The molecule has 1 saturated heterocycles. The van der Waals surface area contributed by atoms with Gasteiger partial charge in [-0.3, -0.25) is 5.32 Å². The normalized spacial score (nSPS) is 14.1. The fourth-order valence-electron chi connectivity index (χ4n) is 2.87. The summed E-state index contributed by atoms with van der Waals surface area (Å²) in [7, 11) is 0. The van der Waals surface area contributed by atoms with E-state index in [9.17, 15) is 14.0 Å². The Morgan fingerprint density at radius 3 is 2.64 bits per heavy atom. The first-order valence-electron chi connectivity index (χ1n) is 9.13. The topological polar surface area (TPSA) is 74.8 Å². The number of benzene rings is 1. The van der Waals surface area contributed by atoms with E-state index in [4.69, 9.17) is 4.74 Å². The first-order valence-corrected chi connectivity index (χ1v) is 9.95. The predicted molar refractivity (Wildman–Crippen MR) is 105 cm³/mol. The third kappa shape index (κ3) is 4.98. The highest BCUT2D eigenvalue weighted by Crippen LogP contribution is 2.22. The molecule has 2 aromatic rings. The zero-order valence-corrected chi connectivity index (χ0v) is 16.7. The minimum atomic E-state index is -0.348. The molecule has 28 heavy (non-hydrogen) atoms. The Hall–Kier alpha value is -2.68. The number of halogens is 1. The van der Waals surface area contributed by atoms with E-state index in [0.717, 1.165) is 10.4 Å². The van der Waals surface area contributed by atoms with Crippen LogP contribution < -0.4 is 5.32 Å². The van der Waals surface area contributed by atoms with Gasteiger partial charge in [-0.2, -0.15) is 0 Å². The molecule has 1 fully saturated rings. The molecule has 1 aromatic heterocycles. The minimum absolute atomic E-state index is 0.225. The summed E-state index contributed by atoms with van der Waals surface area (Å²) in [6.07, 6.45) is 1.90. The second-order valence-electron chi connectivity index (χ2n) is 6.50. The number of anilines is 1. The SMILES string of the molecule is CCOC(=O)N1CCN(C(=O)Nc2ncc(Cc3ccc(C)c(F)c3)s2)CC1. The lowest BCUT2D eigenvalue weighted by Gasteiger charge is -2.33. The molecular formula is C19H23FN4O3S. The molecule has 9 heteroatoms. The van der Waals surface area contributed by atoms with E-state index in [1.54, 1.807) is 35.9 Å². The lowest BCUT2D eigenvalue weighted by molar-refractivity contribution is 0.0868. The summed E-state index contributed by atoms with van der Waals surface area (Å²) in [5.74, 6) is -0.225. The van der Waals surface area contributed by atoms with Crippen LogP contribution in [0.3, 0.4) is 0 Å². The molecule has 0 saturated carbocycles. The number of carbonyl (C=O) groups is 2. The van der Waals surface area contributed by atoms with Crippen molar-refractivity contribution in [1.82, 2.24) is 14.8 Å². The van der Waals surface area contributed by atoms with Crippen LogP contribution in [0.1, 0.15) is 22.9 Å². The molecule has 1 aromatic carbocycles. The van der Waals surface area contributed by atoms with Crippen molar-refractivity contribution in [3.05, 3.63) is 46.2 Å². The van der Waals surface area contributed by atoms with Crippen LogP contribution in [-0.2, 0) is 11.2 Å². The third-order valence-electron chi connectivity index (χ3n) is 4.47. The Labute approximate surface area is 167 Å². The highest BCUT2D eigenvalue weighted by molar-refractivity contribution is 7.15. The zero-order valence-electron chi connectivity index (χ0n) is 15.9. The van der Waals surface area contributed by atoms with Gasteiger partial charge in [0, 0.05) is 43.7 Å². The smallest absolute Gasteiger partial charge is 0.409 e. The van der Waals surface area contributed by atoms with Crippen LogP contribution in [0.25, 0.3) is 0 Å². The van der Waals surface area contributed by atoms with E-state index in [1.165, 1.54) is 17.4 Å². The fraction of sp³-hybridized carbons (Fsp3) is 0.421. The van der Waals surface area contributed by atoms with E-state index in [2.05, 4.69) is 10.3 Å². The highest BCUT2D eigenvalue weighted by atomic mass is 32.1. The van der Waals surface area contributed by atoms with Gasteiger partial charge in [0.1, 0.15) is 5.82 Å². The van der Waals surface area contributed by atoms with Crippen molar-refractivity contribution >= 4 is 28.6 Å². The summed E-state index contributed by atoms with van der Waals surface area (Å²) in [4.78, 5) is 32.5. The van der Waals surface area contributed by atoms with Crippen LogP contribution in [-0.4, -0.2) is 59.7 Å². The number of carbonyl (C=O) groups excluding carboxylic acids is 2. The summed E-state index contributed by atoms with van der Waals surface area (Å²) in [6, 6.07) is 4.92. The average Bonchev–Trinajstić information content (AvgIpc) is 3.12. The number of piperazine rings is 1. The molecule has 2 heterocycles. The van der Waals surface area contributed by atoms with Crippen LogP contribution in [0, 0.1) is 12.7 Å². The third-order valence-corrected chi connectivity index (χ3v) is 5.39. The molecule has 0 radical (unpaired) electrons. The quantitative estimate of drug-likeness (QED) is 0.844. The maximum absolute atomic E-state index is 13.7. The van der Waals surface area contributed by atoms with Crippen molar-refractivity contribution in [2.24, 2.45) is 0 Å². The lowest BCUT2D eigenvalue weighted by atomic mass is 10.1. The fourth-order valence-corrected chi connectivity index (χ4v) is 3.71. The van der Waals surface area contributed by atoms with Gasteiger partial charge in [-0.25, -0.2) is 19.0 Å². The van der Waals surface area contributed by atoms with Crippen molar-refractivity contribution < 1.29 is 18.7 Å². The van der Waals surface area contributed by atoms with Crippen LogP contribution in [0.15, 0.2) is 24.4 Å². The van der Waals surface area contributed by atoms with E-state index < -0.39 is 0 Å². The van der Waals surface area contributed by atoms with Crippen molar-refractivity contribution in [3.63, 3.8) is 0 Å². The number of hydrogen-bond acceptors (Lipinski definition) is 5. The number of rotatable bonds is 4. The van der Waals surface area contributed by atoms with Crippen LogP contribution in [0.2, 0.25) is 0 Å². The zero-order chi connectivity index (χ0) is 20.1. The highest BCUT2D eigenvalue weighted by Gasteiger charge is 2.25. The Morgan fingerprint density at radius 1 is 1.25 bits per heavy atom. The van der Waals surface area contributed by atoms with Crippen molar-refractivity contribution in [3.8, 4) is 0 Å². The maximum atomic E-state index is 13.7. The average molecular weight is 406 g/mol. The van der Waals surface area contributed by atoms with Gasteiger partial charge in [0.25, 0.3) is 0 Å². The molecule has 7 nitrogen and oxygen atoms in total. The first-order chi connectivity index (χ1) is 13.5. The molecule has 3 amide bonds. The molecule has 0 aliphatic carbocycles. The van der Waals surface area contributed by atoms with Gasteiger partial charge in [-0.05, 0) is 31.0 Å². The summed E-state index contributed by atoms with van der Waals surface area (Å²) in [6.45, 7) is 5.58. The van der Waals surface area contributed by atoms with Crippen molar-refractivity contribution in [2.45, 2.75) is 20.3 Å². The lowest BCUT2D eigenvalue weighted by Crippen LogP contribution is -2.51. The molecule has 1 aliphatic heterocycles. The second-order valence-corrected chi connectivity index (χ2v) is 7.61. The number of aromatic nitrogens is 1. The Balaban J connectivity index is 1.51. The second kappa shape index (κ2) is 9.01. The van der Waals surface area contributed by atoms with Gasteiger partial charge in [-0.1, -0.05) is 12.1 Å². The maximum Gasteiger partial charge on any atom is 0.409 e. The molecular weight excluding hydrogens is 383 g/mol. The van der Waals surface area contributed by atoms with Gasteiger partial charge >= 0.3 is 12.1 Å². The van der Waals surface area contributed by atoms with Crippen LogP contribution in [0.4, 0.5) is 19.1 Å². The summed E-state index contributed by atoms with van der Waals surface area (Å²) >= 11 is 1.37. The molecule has 1 aliphatic rings. The van der Waals surface area contributed by atoms with Gasteiger partial charge in [0.15, 0.2) is 5.13 Å². The van der Waals surface area contributed by atoms with Gasteiger partial charge in [-0.15, -0.1) is 11.3 Å². The number of aryl methyl sites for hydroxylation is 1. The molecule has 0 spiro atoms. The first kappa shape index (κ1) is 20.1. The van der Waals surface area contributed by atoms with E-state index in [0.29, 0.717) is 49.9 Å². The number of thiazole rings is 1. The van der Waals surface area contributed by atoms with Crippen LogP contribution in [0.5, 0.6) is 0 Å². The van der Waals surface area contributed by atoms with Crippen molar-refractivity contribution in [1.29, 1.82) is 0 Å². The largest absolute Gasteiger partial charge is 0.450 e. The van der Waals surface area contributed by atoms with E-state index in [1.807, 2.05) is 6.07 Å². The summed E-state index contributed by atoms with van der Waals surface area (Å²) in [5, 5.41) is 3.29. The molecule has 150 valence electrons. The van der Waals surface area contributed by atoms with Crippen LogP contribution >= 0.6 is 11.3 Å². The molecule has 0 unspecified atom stereocenters. The number of nitrogens with zero attached hydrogens (tertiary/aromatic N) is 3. The van der Waals surface area contributed by atoms with Crippen molar-refractivity contribution in [2.75, 3.05) is 38.1 Å². The Morgan fingerprint density at radius 2 is 1.96 bits per heavy atom. The number of ether oxygens (including phenoxy) is 1. The van der Waals surface area contributed by atoms with E-state index >= 15 is 0 Å².